The summed E-state index contributed by atoms with van der Waals surface area (Å²) in [5, 5.41) is 3.15. The first-order valence-electron chi connectivity index (χ1n) is 6.78. The van der Waals surface area contributed by atoms with E-state index >= 15 is 0 Å². The van der Waals surface area contributed by atoms with Crippen LogP contribution in [0.15, 0.2) is 28.8 Å². The summed E-state index contributed by atoms with van der Waals surface area (Å²) in [6.07, 6.45) is 11.4. The molecule has 98 valence electrons. The molecule has 1 aliphatic carbocycles. The van der Waals surface area contributed by atoms with Crippen molar-refractivity contribution in [2.24, 2.45) is 0 Å². The van der Waals surface area contributed by atoms with E-state index in [0.29, 0.717) is 5.82 Å². The Bertz CT molecular complexity index is 476. The molecule has 0 spiro atoms. The fourth-order valence-corrected chi connectivity index (χ4v) is 2.29. The summed E-state index contributed by atoms with van der Waals surface area (Å²) in [6.45, 7) is 3.61. The van der Waals surface area contributed by atoms with Gasteiger partial charge in [-0.2, -0.15) is 0 Å². The fraction of sp³-hybridized carbons (Fsp3) is 0.571. The number of allylic oxidation sites excluding steroid dienone is 1. The number of nitrogens with one attached hydrogen (secondary N) is 1. The molecule has 0 aromatic carbocycles. The van der Waals surface area contributed by atoms with Crippen molar-refractivity contribution in [1.82, 2.24) is 9.55 Å². The molecule has 1 aromatic rings. The van der Waals surface area contributed by atoms with Crippen molar-refractivity contribution in [3.63, 3.8) is 0 Å². The third kappa shape index (κ3) is 3.22. The van der Waals surface area contributed by atoms with E-state index in [9.17, 15) is 4.79 Å². The van der Waals surface area contributed by atoms with E-state index in [1.807, 2.05) is 0 Å². The van der Waals surface area contributed by atoms with Gasteiger partial charge in [-0.05, 0) is 32.1 Å². The molecule has 0 saturated heterocycles. The lowest BCUT2D eigenvalue weighted by Gasteiger charge is -2.08. The molecule has 2 rings (SSSR count). The summed E-state index contributed by atoms with van der Waals surface area (Å²) in [5.74, 6) is 0.476. The van der Waals surface area contributed by atoms with Gasteiger partial charge in [0.1, 0.15) is 0 Å². The number of aryl methyl sites for hydroxylation is 1. The summed E-state index contributed by atoms with van der Waals surface area (Å²) >= 11 is 0. The molecule has 1 aliphatic rings. The number of rotatable bonds is 6. The maximum Gasteiger partial charge on any atom is 0.293 e. The van der Waals surface area contributed by atoms with Gasteiger partial charge in [-0.3, -0.25) is 4.79 Å². The monoisotopic (exact) mass is 247 g/mol. The maximum absolute atomic E-state index is 12.0. The predicted octanol–water partition coefficient (Wildman–Crippen LogP) is 2.57. The minimum absolute atomic E-state index is 0.0141. The zero-order chi connectivity index (χ0) is 12.8. The molecule has 1 aromatic heterocycles. The summed E-state index contributed by atoms with van der Waals surface area (Å²) in [4.78, 5) is 16.1. The van der Waals surface area contributed by atoms with Gasteiger partial charge in [-0.1, -0.05) is 18.6 Å². The van der Waals surface area contributed by atoms with E-state index < -0.39 is 0 Å². The topological polar surface area (TPSA) is 46.9 Å². The Labute approximate surface area is 108 Å². The molecular weight excluding hydrogens is 226 g/mol. The average Bonchev–Trinajstić information content (AvgIpc) is 2.87. The Kier molecular flexibility index (Phi) is 4.56. The Morgan fingerprint density at radius 2 is 2.39 bits per heavy atom. The van der Waals surface area contributed by atoms with E-state index in [1.165, 1.54) is 24.8 Å². The van der Waals surface area contributed by atoms with Crippen LogP contribution in [0.3, 0.4) is 0 Å². The maximum atomic E-state index is 12.0. The van der Waals surface area contributed by atoms with Gasteiger partial charge in [0.15, 0.2) is 5.82 Å². The minimum atomic E-state index is -0.0141. The first-order valence-corrected chi connectivity index (χ1v) is 6.78. The summed E-state index contributed by atoms with van der Waals surface area (Å²) < 4.78 is 1.71. The van der Waals surface area contributed by atoms with Crippen molar-refractivity contribution in [3.05, 3.63) is 34.4 Å². The lowest BCUT2D eigenvalue weighted by molar-refractivity contribution is 0.649. The lowest BCUT2D eigenvalue weighted by atomic mass is 10.2. The molecule has 0 saturated carbocycles. The predicted molar refractivity (Wildman–Crippen MR) is 73.8 cm³/mol. The van der Waals surface area contributed by atoms with Gasteiger partial charge in [0, 0.05) is 25.5 Å². The molecule has 0 bridgehead atoms. The summed E-state index contributed by atoms with van der Waals surface area (Å²) in [7, 11) is 0. The van der Waals surface area contributed by atoms with Crippen LogP contribution in [0.2, 0.25) is 0 Å². The van der Waals surface area contributed by atoms with Crippen LogP contribution in [-0.4, -0.2) is 16.1 Å². The number of hydrogen-bond donors (Lipinski definition) is 1. The van der Waals surface area contributed by atoms with E-state index in [4.69, 9.17) is 0 Å². The first-order chi connectivity index (χ1) is 8.81. The van der Waals surface area contributed by atoms with Gasteiger partial charge in [-0.25, -0.2) is 4.98 Å². The van der Waals surface area contributed by atoms with Crippen LogP contribution < -0.4 is 10.9 Å². The average molecular weight is 247 g/mol. The van der Waals surface area contributed by atoms with E-state index in [2.05, 4.69) is 23.3 Å². The zero-order valence-corrected chi connectivity index (χ0v) is 11.0. The van der Waals surface area contributed by atoms with Gasteiger partial charge >= 0.3 is 0 Å². The van der Waals surface area contributed by atoms with Crippen molar-refractivity contribution in [3.8, 4) is 0 Å². The standard InChI is InChI=1S/C14H21N3O/c1-2-10-17-11-9-16-13(14(17)18)15-8-7-12-5-3-4-6-12/h5,9,11H,2-4,6-8,10H2,1H3,(H,15,16). The first kappa shape index (κ1) is 12.9. The number of hydrogen-bond acceptors (Lipinski definition) is 3. The Morgan fingerprint density at radius 1 is 1.50 bits per heavy atom. The van der Waals surface area contributed by atoms with Gasteiger partial charge in [0.25, 0.3) is 5.56 Å². The molecule has 4 heteroatoms. The number of anilines is 1. The van der Waals surface area contributed by atoms with Crippen LogP contribution in [0.5, 0.6) is 0 Å². The highest BCUT2D eigenvalue weighted by Crippen LogP contribution is 2.20. The quantitative estimate of drug-likeness (QED) is 0.786. The van der Waals surface area contributed by atoms with Crippen molar-refractivity contribution in [2.45, 2.75) is 45.6 Å². The molecule has 1 heterocycles. The molecule has 0 aliphatic heterocycles. The van der Waals surface area contributed by atoms with Gasteiger partial charge in [0.05, 0.1) is 0 Å². The number of aromatic nitrogens is 2. The highest BCUT2D eigenvalue weighted by molar-refractivity contribution is 5.31. The molecule has 1 N–H and O–H groups in total. The van der Waals surface area contributed by atoms with Crippen molar-refractivity contribution < 1.29 is 0 Å². The molecule has 4 nitrogen and oxygen atoms in total. The minimum Gasteiger partial charge on any atom is -0.365 e. The van der Waals surface area contributed by atoms with Gasteiger partial charge < -0.3 is 9.88 Å². The fourth-order valence-electron chi connectivity index (χ4n) is 2.29. The van der Waals surface area contributed by atoms with Crippen LogP contribution in [0.25, 0.3) is 0 Å². The largest absolute Gasteiger partial charge is 0.365 e. The third-order valence-electron chi connectivity index (χ3n) is 3.25. The second-order valence-electron chi connectivity index (χ2n) is 4.71. The third-order valence-corrected chi connectivity index (χ3v) is 3.25. The van der Waals surface area contributed by atoms with Crippen LogP contribution in [0.4, 0.5) is 5.82 Å². The smallest absolute Gasteiger partial charge is 0.293 e. The highest BCUT2D eigenvalue weighted by atomic mass is 16.1. The molecule has 0 atom stereocenters. The molecule has 0 amide bonds. The second-order valence-corrected chi connectivity index (χ2v) is 4.71. The van der Waals surface area contributed by atoms with E-state index in [0.717, 1.165) is 25.9 Å². The summed E-state index contributed by atoms with van der Waals surface area (Å²) in [5.41, 5.74) is 1.49. The van der Waals surface area contributed by atoms with Crippen molar-refractivity contribution in [1.29, 1.82) is 0 Å². The summed E-state index contributed by atoms with van der Waals surface area (Å²) in [6, 6.07) is 0. The van der Waals surface area contributed by atoms with Gasteiger partial charge in [0.2, 0.25) is 0 Å². The van der Waals surface area contributed by atoms with Crippen LogP contribution >= 0.6 is 0 Å². The molecule has 0 unspecified atom stereocenters. The van der Waals surface area contributed by atoms with Crippen molar-refractivity contribution >= 4 is 5.82 Å². The Hall–Kier alpha value is -1.58. The van der Waals surface area contributed by atoms with E-state index in [-0.39, 0.29) is 5.56 Å². The molecule has 0 radical (unpaired) electrons. The SMILES string of the molecule is CCCn1ccnc(NCCC2=CCCC2)c1=O. The van der Waals surface area contributed by atoms with E-state index in [1.54, 1.807) is 17.0 Å². The van der Waals surface area contributed by atoms with Crippen LogP contribution in [-0.2, 0) is 6.54 Å². The van der Waals surface area contributed by atoms with Crippen LogP contribution in [0, 0.1) is 0 Å². The normalized spacial score (nSPS) is 14.6. The lowest BCUT2D eigenvalue weighted by Crippen LogP contribution is -2.24. The van der Waals surface area contributed by atoms with Gasteiger partial charge in [-0.15, -0.1) is 0 Å². The Balaban J connectivity index is 1.92. The Morgan fingerprint density at radius 3 is 3.11 bits per heavy atom. The molecular formula is C14H21N3O. The molecule has 0 fully saturated rings. The number of nitrogens with zero attached hydrogens (tertiary/aromatic N) is 2. The van der Waals surface area contributed by atoms with Crippen LogP contribution in [0.1, 0.15) is 39.0 Å². The van der Waals surface area contributed by atoms with Crippen molar-refractivity contribution in [2.75, 3.05) is 11.9 Å². The highest BCUT2D eigenvalue weighted by Gasteiger charge is 2.06. The molecule has 18 heavy (non-hydrogen) atoms. The zero-order valence-electron chi connectivity index (χ0n) is 11.0. The second kappa shape index (κ2) is 6.38.